The van der Waals surface area contributed by atoms with Crippen LogP contribution in [0.4, 0.5) is 0 Å². The number of nitrogens with one attached hydrogen (secondary N) is 1. The molecule has 1 amide bonds. The van der Waals surface area contributed by atoms with E-state index >= 15 is 0 Å². The van der Waals surface area contributed by atoms with Gasteiger partial charge >= 0.3 is 0 Å². The van der Waals surface area contributed by atoms with Crippen LogP contribution in [-0.2, 0) is 14.3 Å². The number of carbonyl (C=O) groups is 1. The van der Waals surface area contributed by atoms with E-state index in [9.17, 15) is 30.3 Å². The highest BCUT2D eigenvalue weighted by Crippen LogP contribution is 2.24. The molecule has 0 bridgehead atoms. The van der Waals surface area contributed by atoms with Crippen LogP contribution in [0.15, 0.2) is 24.3 Å². The third-order valence-electron chi connectivity index (χ3n) is 17.1. The summed E-state index contributed by atoms with van der Waals surface area (Å²) >= 11 is 0. The maximum absolute atomic E-state index is 13.1. The molecule has 7 atom stereocenters. The zero-order valence-electron chi connectivity index (χ0n) is 52.4. The first-order valence-corrected chi connectivity index (χ1v) is 35.0. The largest absolute Gasteiger partial charge is 0.394 e. The summed E-state index contributed by atoms with van der Waals surface area (Å²) in [6.07, 6.45) is 71.1. The van der Waals surface area contributed by atoms with Gasteiger partial charge in [-0.2, -0.15) is 0 Å². The predicted octanol–water partition coefficient (Wildman–Crippen LogP) is 18.9. The van der Waals surface area contributed by atoms with Crippen LogP contribution in [0.1, 0.15) is 361 Å². The molecule has 1 heterocycles. The van der Waals surface area contributed by atoms with Crippen molar-refractivity contribution >= 4 is 5.91 Å². The summed E-state index contributed by atoms with van der Waals surface area (Å²) in [7, 11) is 0. The second-order valence-corrected chi connectivity index (χ2v) is 24.7. The van der Waals surface area contributed by atoms with Crippen molar-refractivity contribution in [2.45, 2.75) is 403 Å². The first-order chi connectivity index (χ1) is 38.8. The van der Waals surface area contributed by atoms with E-state index in [0.29, 0.717) is 12.8 Å². The van der Waals surface area contributed by atoms with Crippen LogP contribution in [0.3, 0.4) is 0 Å². The Hall–Kier alpha value is -1.33. The summed E-state index contributed by atoms with van der Waals surface area (Å²) in [5.74, 6) is -0.137. The van der Waals surface area contributed by atoms with Crippen LogP contribution in [0.2, 0.25) is 0 Å². The average Bonchev–Trinajstić information content (AvgIpc) is 3.46. The van der Waals surface area contributed by atoms with Crippen LogP contribution in [0.25, 0.3) is 0 Å². The number of aliphatic hydroxyl groups is 5. The number of rotatable bonds is 62. The lowest BCUT2D eigenvalue weighted by atomic mass is 9.99. The maximum atomic E-state index is 13.1. The first kappa shape index (κ1) is 75.7. The number of unbranched alkanes of at least 4 members (excludes halogenated alkanes) is 48. The summed E-state index contributed by atoms with van der Waals surface area (Å²) in [4.78, 5) is 13.1. The number of allylic oxidation sites excluding steroid dienone is 4. The summed E-state index contributed by atoms with van der Waals surface area (Å²) < 4.78 is 11.4. The van der Waals surface area contributed by atoms with Crippen molar-refractivity contribution in [2.75, 3.05) is 13.2 Å². The van der Waals surface area contributed by atoms with Gasteiger partial charge in [0.2, 0.25) is 5.91 Å². The Balaban J connectivity index is 2.06. The van der Waals surface area contributed by atoms with Crippen LogP contribution in [0.5, 0.6) is 0 Å². The van der Waals surface area contributed by atoms with Gasteiger partial charge in [0.1, 0.15) is 24.4 Å². The lowest BCUT2D eigenvalue weighted by molar-refractivity contribution is -0.302. The van der Waals surface area contributed by atoms with Crippen molar-refractivity contribution in [1.29, 1.82) is 0 Å². The molecule has 468 valence electrons. The van der Waals surface area contributed by atoms with Gasteiger partial charge in [0.15, 0.2) is 6.29 Å². The zero-order chi connectivity index (χ0) is 57.2. The molecule has 0 radical (unpaired) electrons. The van der Waals surface area contributed by atoms with E-state index in [4.69, 9.17) is 9.47 Å². The normalized spacial score (nSPS) is 18.6. The zero-order valence-corrected chi connectivity index (χ0v) is 52.4. The van der Waals surface area contributed by atoms with Gasteiger partial charge in [-0.1, -0.05) is 334 Å². The number of hydrogen-bond donors (Lipinski definition) is 6. The quantitative estimate of drug-likeness (QED) is 0.0261. The van der Waals surface area contributed by atoms with E-state index in [0.717, 1.165) is 44.9 Å². The molecule has 1 saturated heterocycles. The molecular formula is C70H135NO8. The van der Waals surface area contributed by atoms with E-state index in [1.54, 1.807) is 0 Å². The Bertz CT molecular complexity index is 1300. The van der Waals surface area contributed by atoms with Gasteiger partial charge in [-0.3, -0.25) is 4.79 Å². The molecule has 9 heteroatoms. The van der Waals surface area contributed by atoms with E-state index < -0.39 is 49.5 Å². The molecule has 1 aliphatic heterocycles. The number of aliphatic hydroxyl groups excluding tert-OH is 5. The number of carbonyl (C=O) groups excluding carboxylic acids is 1. The van der Waals surface area contributed by atoms with Crippen molar-refractivity contribution in [3.8, 4) is 0 Å². The van der Waals surface area contributed by atoms with Crippen LogP contribution in [-0.4, -0.2) is 87.5 Å². The van der Waals surface area contributed by atoms with Crippen LogP contribution in [0, 0.1) is 0 Å². The van der Waals surface area contributed by atoms with Crippen LogP contribution < -0.4 is 5.32 Å². The Morgan fingerprint density at radius 1 is 0.430 bits per heavy atom. The fourth-order valence-corrected chi connectivity index (χ4v) is 11.6. The number of hydrogen-bond acceptors (Lipinski definition) is 8. The highest BCUT2D eigenvalue weighted by atomic mass is 16.7. The molecule has 1 aliphatic rings. The minimum Gasteiger partial charge on any atom is -0.394 e. The highest BCUT2D eigenvalue weighted by Gasteiger charge is 2.44. The Morgan fingerprint density at radius 2 is 0.747 bits per heavy atom. The van der Waals surface area contributed by atoms with E-state index in [1.807, 2.05) is 0 Å². The molecule has 9 nitrogen and oxygen atoms in total. The molecule has 79 heavy (non-hydrogen) atoms. The van der Waals surface area contributed by atoms with Gasteiger partial charge < -0.3 is 40.3 Å². The van der Waals surface area contributed by atoms with Gasteiger partial charge in [0.25, 0.3) is 0 Å². The summed E-state index contributed by atoms with van der Waals surface area (Å²) in [5.41, 5.74) is 0. The minimum atomic E-state index is -1.55. The third kappa shape index (κ3) is 48.7. The smallest absolute Gasteiger partial charge is 0.220 e. The fraction of sp³-hybridized carbons (Fsp3) is 0.929. The topological polar surface area (TPSA) is 149 Å². The molecule has 0 aromatic carbocycles. The van der Waals surface area contributed by atoms with E-state index in [-0.39, 0.29) is 12.5 Å². The molecule has 6 N–H and O–H groups in total. The Morgan fingerprint density at radius 3 is 1.09 bits per heavy atom. The van der Waals surface area contributed by atoms with Gasteiger partial charge in [0.05, 0.1) is 25.4 Å². The third-order valence-corrected chi connectivity index (χ3v) is 17.1. The monoisotopic (exact) mass is 1120 g/mol. The molecule has 1 fully saturated rings. The standard InChI is InChI=1S/C70H135NO8/c1-3-5-7-9-11-13-15-17-19-21-23-24-25-26-27-28-29-30-31-32-33-34-35-36-37-38-39-40-42-44-46-48-50-52-54-56-58-60-66(74)71-63(62-78-70-69(77)68(76)67(75)65(61-72)79-70)64(73)59-57-55-53-51-49-47-45-43-41-22-20-18-16-14-12-10-8-6-4-2/h27-28,30-31,63-65,67-70,72-73,75-77H,3-26,29,32-62H2,1-2H3,(H,71,74)/b28-27-,31-30-. The van der Waals surface area contributed by atoms with E-state index in [1.165, 1.54) is 289 Å². The molecule has 7 unspecified atom stereocenters. The summed E-state index contributed by atoms with van der Waals surface area (Å²) in [6.45, 7) is 3.89. The fourth-order valence-electron chi connectivity index (χ4n) is 11.6. The first-order valence-electron chi connectivity index (χ1n) is 35.0. The Labute approximate surface area is 489 Å². The lowest BCUT2D eigenvalue weighted by Gasteiger charge is -2.40. The van der Waals surface area contributed by atoms with Crippen LogP contribution >= 0.6 is 0 Å². The van der Waals surface area contributed by atoms with Gasteiger partial charge in [0, 0.05) is 6.42 Å². The second kappa shape index (κ2) is 59.8. The van der Waals surface area contributed by atoms with Gasteiger partial charge in [-0.05, 0) is 44.9 Å². The molecule has 0 aliphatic carbocycles. The highest BCUT2D eigenvalue weighted by molar-refractivity contribution is 5.76. The summed E-state index contributed by atoms with van der Waals surface area (Å²) in [5, 5.41) is 54.9. The number of ether oxygens (including phenoxy) is 2. The maximum Gasteiger partial charge on any atom is 0.220 e. The molecule has 0 saturated carbocycles. The predicted molar refractivity (Wildman–Crippen MR) is 337 cm³/mol. The van der Waals surface area contributed by atoms with E-state index in [2.05, 4.69) is 43.5 Å². The molecule has 0 aromatic heterocycles. The summed E-state index contributed by atoms with van der Waals surface area (Å²) in [6, 6.07) is -0.718. The second-order valence-electron chi connectivity index (χ2n) is 24.7. The van der Waals surface area contributed by atoms with Crippen molar-refractivity contribution < 1.29 is 39.8 Å². The van der Waals surface area contributed by atoms with Crippen molar-refractivity contribution in [1.82, 2.24) is 5.32 Å². The average molecular weight is 1120 g/mol. The van der Waals surface area contributed by atoms with Gasteiger partial charge in [-0.15, -0.1) is 0 Å². The van der Waals surface area contributed by atoms with Gasteiger partial charge in [-0.25, -0.2) is 0 Å². The molecule has 0 spiro atoms. The van der Waals surface area contributed by atoms with Crippen molar-refractivity contribution in [3.05, 3.63) is 24.3 Å². The molecule has 1 rings (SSSR count). The SMILES string of the molecule is CCCCCCCCCCCCCCC/C=C\C/C=C\CCCCCCCCCCCCCCCCCCCC(=O)NC(COC1OC(CO)C(O)C(O)C1O)C(O)CCCCCCCCCCCCCCCCCCCCC. The number of amides is 1. The molecule has 0 aromatic rings. The lowest BCUT2D eigenvalue weighted by Crippen LogP contribution is -2.60. The van der Waals surface area contributed by atoms with Crippen molar-refractivity contribution in [2.24, 2.45) is 0 Å². The Kier molecular flexibility index (Phi) is 57.3. The van der Waals surface area contributed by atoms with Crippen molar-refractivity contribution in [3.63, 3.8) is 0 Å². The molecular weight excluding hydrogens is 983 g/mol. The minimum absolute atomic E-state index is 0.133.